The van der Waals surface area contributed by atoms with Crippen molar-refractivity contribution in [3.63, 3.8) is 0 Å². The second-order valence-electron chi connectivity index (χ2n) is 10.4. The van der Waals surface area contributed by atoms with Crippen LogP contribution in [0.2, 0.25) is 0 Å². The maximum atomic E-state index is 4.56. The summed E-state index contributed by atoms with van der Waals surface area (Å²) in [4.78, 5) is 4.56. The number of benzene rings is 4. The van der Waals surface area contributed by atoms with Gasteiger partial charge < -0.3 is 5.32 Å². The molecule has 3 heteroatoms. The van der Waals surface area contributed by atoms with Gasteiger partial charge in [-0.25, -0.2) is 0 Å². The number of anilines is 1. The SMILES string of the molecule is c1ccc(P(c2ccccc2)c2cccc3c2[C@]2(CCc4cccc(NCc5ccccn5)c42)CC3)cc1. The Morgan fingerprint density at radius 1 is 0.632 bits per heavy atom. The third kappa shape index (κ3) is 3.96. The number of hydrogen-bond acceptors (Lipinski definition) is 2. The van der Waals surface area contributed by atoms with Crippen LogP contribution in [-0.4, -0.2) is 4.98 Å². The zero-order valence-corrected chi connectivity index (χ0v) is 22.4. The van der Waals surface area contributed by atoms with E-state index in [1.165, 1.54) is 51.1 Å². The molecule has 1 spiro atoms. The monoisotopic (exact) mass is 510 g/mol. The Morgan fingerprint density at radius 3 is 1.92 bits per heavy atom. The summed E-state index contributed by atoms with van der Waals surface area (Å²) in [6, 6.07) is 42.4. The van der Waals surface area contributed by atoms with Gasteiger partial charge in [0.2, 0.25) is 0 Å². The van der Waals surface area contributed by atoms with Crippen molar-refractivity contribution >= 4 is 29.5 Å². The Bertz CT molecular complexity index is 1520. The lowest BCUT2D eigenvalue weighted by Gasteiger charge is -2.33. The van der Waals surface area contributed by atoms with E-state index in [2.05, 4.69) is 119 Å². The summed E-state index contributed by atoms with van der Waals surface area (Å²) in [6.45, 7) is 0.739. The average molecular weight is 511 g/mol. The number of hydrogen-bond donors (Lipinski definition) is 1. The van der Waals surface area contributed by atoms with E-state index in [1.54, 1.807) is 5.56 Å². The van der Waals surface area contributed by atoms with Crippen molar-refractivity contribution in [2.45, 2.75) is 37.6 Å². The lowest BCUT2D eigenvalue weighted by molar-refractivity contribution is 0.510. The maximum absolute atomic E-state index is 4.56. The molecule has 0 saturated carbocycles. The zero-order chi connectivity index (χ0) is 25.4. The number of nitrogens with one attached hydrogen (secondary N) is 1. The van der Waals surface area contributed by atoms with Crippen molar-refractivity contribution in [1.82, 2.24) is 4.98 Å². The van der Waals surface area contributed by atoms with E-state index in [9.17, 15) is 0 Å². The second kappa shape index (κ2) is 9.86. The molecule has 7 rings (SSSR count). The van der Waals surface area contributed by atoms with Crippen LogP contribution in [0.4, 0.5) is 5.69 Å². The molecule has 2 nitrogen and oxygen atoms in total. The first-order valence-corrected chi connectivity index (χ1v) is 15.0. The lowest BCUT2D eigenvalue weighted by atomic mass is 9.76. The highest BCUT2D eigenvalue weighted by Crippen LogP contribution is 2.56. The molecule has 2 aliphatic carbocycles. The summed E-state index contributed by atoms with van der Waals surface area (Å²) < 4.78 is 0. The minimum absolute atomic E-state index is 0.0547. The van der Waals surface area contributed by atoms with Gasteiger partial charge in [-0.2, -0.15) is 0 Å². The molecule has 1 N–H and O–H groups in total. The highest BCUT2D eigenvalue weighted by Gasteiger charge is 2.48. The van der Waals surface area contributed by atoms with Gasteiger partial charge in [-0.3, -0.25) is 4.98 Å². The summed E-state index contributed by atoms with van der Waals surface area (Å²) in [7, 11) is -0.664. The summed E-state index contributed by atoms with van der Waals surface area (Å²) in [5, 5.41) is 8.17. The molecule has 186 valence electrons. The van der Waals surface area contributed by atoms with Crippen LogP contribution < -0.4 is 21.2 Å². The highest BCUT2D eigenvalue weighted by molar-refractivity contribution is 7.79. The van der Waals surface area contributed by atoms with Crippen LogP contribution in [-0.2, 0) is 24.8 Å². The molecule has 0 radical (unpaired) electrons. The fraction of sp³-hybridized carbons (Fsp3) is 0.171. The molecule has 0 bridgehead atoms. The fourth-order valence-corrected chi connectivity index (χ4v) is 9.38. The van der Waals surface area contributed by atoms with E-state index in [-0.39, 0.29) is 5.41 Å². The van der Waals surface area contributed by atoms with Crippen LogP contribution in [0, 0.1) is 0 Å². The first kappa shape index (κ1) is 23.4. The topological polar surface area (TPSA) is 24.9 Å². The first-order valence-electron chi connectivity index (χ1n) is 13.6. The van der Waals surface area contributed by atoms with E-state index >= 15 is 0 Å². The van der Waals surface area contributed by atoms with E-state index in [1.807, 2.05) is 12.3 Å². The van der Waals surface area contributed by atoms with Crippen LogP contribution in [0.3, 0.4) is 0 Å². The predicted molar refractivity (Wildman–Crippen MR) is 161 cm³/mol. The molecule has 2 aliphatic rings. The molecule has 1 heterocycles. The van der Waals surface area contributed by atoms with Gasteiger partial charge in [-0.05, 0) is 90.0 Å². The maximum Gasteiger partial charge on any atom is 0.0594 e. The third-order valence-electron chi connectivity index (χ3n) is 8.33. The van der Waals surface area contributed by atoms with Gasteiger partial charge >= 0.3 is 0 Å². The molecular formula is C35H31N2P. The summed E-state index contributed by atoms with van der Waals surface area (Å²) in [5.41, 5.74) is 8.57. The Hall–Kier alpha value is -3.74. The normalized spacial score (nSPS) is 17.5. The average Bonchev–Trinajstić information content (AvgIpc) is 3.56. The molecule has 0 aliphatic heterocycles. The zero-order valence-electron chi connectivity index (χ0n) is 21.5. The predicted octanol–water partition coefficient (Wildman–Crippen LogP) is 6.63. The number of aromatic nitrogens is 1. The van der Waals surface area contributed by atoms with E-state index < -0.39 is 7.92 Å². The molecule has 0 amide bonds. The Kier molecular flexibility index (Phi) is 6.06. The Labute approximate surface area is 226 Å². The summed E-state index contributed by atoms with van der Waals surface area (Å²) >= 11 is 0. The number of aryl methyl sites for hydroxylation is 2. The number of pyridine rings is 1. The first-order chi connectivity index (χ1) is 18.8. The Balaban J connectivity index is 1.38. The van der Waals surface area contributed by atoms with Crippen LogP contribution in [0.25, 0.3) is 0 Å². The second-order valence-corrected chi connectivity index (χ2v) is 12.6. The van der Waals surface area contributed by atoms with E-state index in [0.29, 0.717) is 0 Å². The quantitative estimate of drug-likeness (QED) is 0.259. The van der Waals surface area contributed by atoms with Crippen molar-refractivity contribution in [3.05, 3.63) is 149 Å². The van der Waals surface area contributed by atoms with Gasteiger partial charge in [0, 0.05) is 17.3 Å². The van der Waals surface area contributed by atoms with Gasteiger partial charge in [0.25, 0.3) is 0 Å². The van der Waals surface area contributed by atoms with Crippen molar-refractivity contribution < 1.29 is 0 Å². The van der Waals surface area contributed by atoms with Crippen molar-refractivity contribution in [2.75, 3.05) is 5.32 Å². The van der Waals surface area contributed by atoms with Crippen LogP contribution >= 0.6 is 7.92 Å². The Morgan fingerprint density at radius 2 is 1.26 bits per heavy atom. The molecular weight excluding hydrogens is 479 g/mol. The van der Waals surface area contributed by atoms with Crippen LogP contribution in [0.5, 0.6) is 0 Å². The van der Waals surface area contributed by atoms with E-state index in [4.69, 9.17) is 0 Å². The number of rotatable bonds is 6. The van der Waals surface area contributed by atoms with Gasteiger partial charge in [0.1, 0.15) is 0 Å². The smallest absolute Gasteiger partial charge is 0.0594 e. The van der Waals surface area contributed by atoms with Crippen LogP contribution in [0.15, 0.2) is 121 Å². The highest BCUT2D eigenvalue weighted by atomic mass is 31.1. The van der Waals surface area contributed by atoms with Crippen molar-refractivity contribution in [2.24, 2.45) is 0 Å². The van der Waals surface area contributed by atoms with Gasteiger partial charge in [-0.1, -0.05) is 97.1 Å². The molecule has 5 aromatic rings. The molecule has 0 fully saturated rings. The van der Waals surface area contributed by atoms with Gasteiger partial charge in [0.05, 0.1) is 12.2 Å². The summed E-state index contributed by atoms with van der Waals surface area (Å²) in [6.07, 6.45) is 6.52. The van der Waals surface area contributed by atoms with Crippen molar-refractivity contribution in [1.29, 1.82) is 0 Å². The third-order valence-corrected chi connectivity index (χ3v) is 10.8. The molecule has 0 unspecified atom stereocenters. The van der Waals surface area contributed by atoms with E-state index in [0.717, 1.165) is 25.1 Å². The molecule has 0 saturated heterocycles. The molecule has 1 atom stereocenters. The summed E-state index contributed by atoms with van der Waals surface area (Å²) in [5.74, 6) is 0. The van der Waals surface area contributed by atoms with Crippen LogP contribution in [0.1, 0.15) is 40.8 Å². The van der Waals surface area contributed by atoms with Gasteiger partial charge in [0.15, 0.2) is 0 Å². The number of nitrogens with zero attached hydrogens (tertiary/aromatic N) is 1. The largest absolute Gasteiger partial charge is 0.379 e. The lowest BCUT2D eigenvalue weighted by Crippen LogP contribution is -2.32. The van der Waals surface area contributed by atoms with Crippen molar-refractivity contribution in [3.8, 4) is 0 Å². The van der Waals surface area contributed by atoms with Gasteiger partial charge in [-0.15, -0.1) is 0 Å². The fourth-order valence-electron chi connectivity index (χ4n) is 6.77. The minimum atomic E-state index is -0.664. The number of fused-ring (bicyclic) bond motifs is 4. The molecule has 1 aromatic heterocycles. The molecule has 38 heavy (non-hydrogen) atoms. The molecule has 4 aromatic carbocycles. The standard InChI is InChI=1S/C35H31N2P/c1-3-14-29(15-4-1)38(30-16-5-2-6-17-30)32-19-10-12-27-21-23-35(34(27)32)22-20-26-11-9-18-31(33(26)35)37-25-28-13-7-8-24-36-28/h1-19,24,37H,20-23,25H2/t35-/m1/s1. The minimum Gasteiger partial charge on any atom is -0.379 e.